The van der Waals surface area contributed by atoms with Crippen LogP contribution in [0.5, 0.6) is 0 Å². The number of nitrogens with one attached hydrogen (secondary N) is 2. The Morgan fingerprint density at radius 3 is 2.76 bits per heavy atom. The van der Waals surface area contributed by atoms with Gasteiger partial charge in [0, 0.05) is 9.13 Å². The van der Waals surface area contributed by atoms with E-state index in [2.05, 4.69) is 38.1 Å². The Hall–Kier alpha value is -1.37. The highest BCUT2D eigenvalue weighted by Crippen LogP contribution is 2.18. The molecule has 2 aromatic rings. The van der Waals surface area contributed by atoms with Gasteiger partial charge in [0.15, 0.2) is 0 Å². The van der Waals surface area contributed by atoms with E-state index in [1.165, 1.54) is 0 Å². The minimum Gasteiger partial charge on any atom is -0.307 e. The normalized spacial score (nSPS) is 10.3. The van der Waals surface area contributed by atoms with Crippen molar-refractivity contribution in [3.63, 3.8) is 0 Å². The number of anilines is 1. The summed E-state index contributed by atoms with van der Waals surface area (Å²) < 4.78 is 0.972. The van der Waals surface area contributed by atoms with Crippen molar-refractivity contribution in [2.24, 2.45) is 0 Å². The van der Waals surface area contributed by atoms with Crippen molar-refractivity contribution in [2.45, 2.75) is 13.8 Å². The van der Waals surface area contributed by atoms with Crippen LogP contribution < -0.4 is 5.32 Å². The van der Waals surface area contributed by atoms with Crippen molar-refractivity contribution < 1.29 is 4.79 Å². The Labute approximate surface area is 113 Å². The van der Waals surface area contributed by atoms with Crippen LogP contribution in [0.15, 0.2) is 24.4 Å². The molecule has 1 aromatic carbocycles. The summed E-state index contributed by atoms with van der Waals surface area (Å²) in [5.74, 6) is 0.526. The first-order chi connectivity index (χ1) is 8.09. The van der Waals surface area contributed by atoms with Gasteiger partial charge in [-0.25, -0.2) is 0 Å². The number of aromatic nitrogens is 2. The lowest BCUT2D eigenvalue weighted by Crippen LogP contribution is -2.14. The molecule has 0 radical (unpaired) electrons. The second kappa shape index (κ2) is 4.87. The molecule has 17 heavy (non-hydrogen) atoms. The van der Waals surface area contributed by atoms with Crippen molar-refractivity contribution >= 4 is 34.3 Å². The van der Waals surface area contributed by atoms with E-state index >= 15 is 0 Å². The third kappa shape index (κ3) is 2.49. The van der Waals surface area contributed by atoms with Crippen LogP contribution in [0.4, 0.5) is 5.82 Å². The van der Waals surface area contributed by atoms with Crippen LogP contribution >= 0.6 is 22.6 Å². The van der Waals surface area contributed by atoms with E-state index in [9.17, 15) is 4.79 Å². The van der Waals surface area contributed by atoms with Gasteiger partial charge in [-0.1, -0.05) is 12.1 Å². The molecule has 0 spiro atoms. The van der Waals surface area contributed by atoms with Crippen molar-refractivity contribution in [1.29, 1.82) is 0 Å². The molecule has 1 heterocycles. The van der Waals surface area contributed by atoms with Crippen molar-refractivity contribution in [3.05, 3.63) is 44.7 Å². The summed E-state index contributed by atoms with van der Waals surface area (Å²) in [6.45, 7) is 3.88. The zero-order valence-corrected chi connectivity index (χ0v) is 11.7. The van der Waals surface area contributed by atoms with Crippen LogP contribution in [-0.2, 0) is 0 Å². The number of nitrogens with zero attached hydrogens (tertiary/aromatic N) is 1. The van der Waals surface area contributed by atoms with E-state index < -0.39 is 0 Å². The van der Waals surface area contributed by atoms with Gasteiger partial charge >= 0.3 is 0 Å². The minimum atomic E-state index is -0.120. The molecule has 2 rings (SSSR count). The second-order valence-electron chi connectivity index (χ2n) is 3.82. The molecule has 0 saturated heterocycles. The lowest BCUT2D eigenvalue weighted by Gasteiger charge is -2.07. The fourth-order valence-corrected chi connectivity index (χ4v) is 2.08. The third-order valence-corrected chi connectivity index (χ3v) is 3.94. The molecule has 0 unspecified atom stereocenters. The number of H-pyrrole nitrogens is 1. The first kappa shape index (κ1) is 12.1. The molecule has 0 aliphatic carbocycles. The standard InChI is InChI=1S/C12H12IN3O/c1-7-4-3-5-9(10(7)13)12(17)15-11-8(2)6-14-16-11/h3-6H,1-2H3,(H2,14,15,16,17). The van der Waals surface area contributed by atoms with E-state index in [0.717, 1.165) is 14.7 Å². The number of carbonyl (C=O) groups excluding carboxylic acids is 1. The maximum absolute atomic E-state index is 12.1. The van der Waals surface area contributed by atoms with Crippen LogP contribution in [-0.4, -0.2) is 16.1 Å². The lowest BCUT2D eigenvalue weighted by atomic mass is 10.1. The molecule has 0 bridgehead atoms. The number of benzene rings is 1. The van der Waals surface area contributed by atoms with E-state index in [-0.39, 0.29) is 5.91 Å². The summed E-state index contributed by atoms with van der Waals surface area (Å²) >= 11 is 2.18. The predicted octanol–water partition coefficient (Wildman–Crippen LogP) is 2.88. The first-order valence-electron chi connectivity index (χ1n) is 5.16. The summed E-state index contributed by atoms with van der Waals surface area (Å²) in [6, 6.07) is 5.68. The summed E-state index contributed by atoms with van der Waals surface area (Å²) in [7, 11) is 0. The SMILES string of the molecule is Cc1cn[nH]c1NC(=O)c1cccc(C)c1I. The van der Waals surface area contributed by atoms with Gasteiger partial charge in [0.05, 0.1) is 11.8 Å². The second-order valence-corrected chi connectivity index (χ2v) is 4.90. The Morgan fingerprint density at radius 1 is 1.35 bits per heavy atom. The molecule has 0 atom stereocenters. The van der Waals surface area contributed by atoms with Gasteiger partial charge in [-0.3, -0.25) is 9.89 Å². The maximum Gasteiger partial charge on any atom is 0.257 e. The fraction of sp³-hybridized carbons (Fsp3) is 0.167. The average Bonchev–Trinajstić information content (AvgIpc) is 2.68. The minimum absolute atomic E-state index is 0.120. The molecule has 88 valence electrons. The Kier molecular flexibility index (Phi) is 3.46. The quantitative estimate of drug-likeness (QED) is 0.826. The van der Waals surface area contributed by atoms with E-state index in [1.807, 2.05) is 32.0 Å². The molecule has 0 saturated carbocycles. The van der Waals surface area contributed by atoms with Crippen LogP contribution in [0.25, 0.3) is 0 Å². The maximum atomic E-state index is 12.1. The van der Waals surface area contributed by atoms with E-state index in [4.69, 9.17) is 0 Å². The highest BCUT2D eigenvalue weighted by Gasteiger charge is 2.12. The van der Waals surface area contributed by atoms with Gasteiger partial charge in [-0.05, 0) is 48.1 Å². The number of hydrogen-bond acceptors (Lipinski definition) is 2. The summed E-state index contributed by atoms with van der Waals surface area (Å²) in [6.07, 6.45) is 1.68. The van der Waals surface area contributed by atoms with Crippen molar-refractivity contribution in [3.8, 4) is 0 Å². The van der Waals surface area contributed by atoms with Crippen LogP contribution in [0.3, 0.4) is 0 Å². The molecule has 1 amide bonds. The van der Waals surface area contributed by atoms with Crippen LogP contribution in [0.2, 0.25) is 0 Å². The largest absolute Gasteiger partial charge is 0.307 e. The van der Waals surface area contributed by atoms with E-state index in [1.54, 1.807) is 6.20 Å². The summed E-state index contributed by atoms with van der Waals surface area (Å²) in [4.78, 5) is 12.1. The Balaban J connectivity index is 2.27. The van der Waals surface area contributed by atoms with E-state index in [0.29, 0.717) is 11.4 Å². The molecule has 0 aliphatic heterocycles. The lowest BCUT2D eigenvalue weighted by molar-refractivity contribution is 0.102. The van der Waals surface area contributed by atoms with Gasteiger partial charge in [-0.15, -0.1) is 0 Å². The number of amides is 1. The zero-order chi connectivity index (χ0) is 12.4. The first-order valence-corrected chi connectivity index (χ1v) is 6.24. The third-order valence-electron chi connectivity index (χ3n) is 2.50. The topological polar surface area (TPSA) is 57.8 Å². The number of hydrogen-bond donors (Lipinski definition) is 2. The van der Waals surface area contributed by atoms with Crippen molar-refractivity contribution in [2.75, 3.05) is 5.32 Å². The monoisotopic (exact) mass is 341 g/mol. The molecular weight excluding hydrogens is 329 g/mol. The van der Waals surface area contributed by atoms with Gasteiger partial charge in [0.25, 0.3) is 5.91 Å². The van der Waals surface area contributed by atoms with Gasteiger partial charge in [0.2, 0.25) is 0 Å². The van der Waals surface area contributed by atoms with Crippen LogP contribution in [0.1, 0.15) is 21.5 Å². The fourth-order valence-electron chi connectivity index (χ4n) is 1.48. The molecule has 1 aromatic heterocycles. The van der Waals surface area contributed by atoms with Gasteiger partial charge in [-0.2, -0.15) is 5.10 Å². The number of aromatic amines is 1. The van der Waals surface area contributed by atoms with Gasteiger partial charge < -0.3 is 5.32 Å². The Bertz CT molecular complexity index is 563. The molecule has 0 aliphatic rings. The average molecular weight is 341 g/mol. The molecular formula is C12H12IN3O. The molecule has 0 fully saturated rings. The summed E-state index contributed by atoms with van der Waals surface area (Å²) in [5.41, 5.74) is 2.69. The summed E-state index contributed by atoms with van der Waals surface area (Å²) in [5, 5.41) is 9.44. The highest BCUT2D eigenvalue weighted by molar-refractivity contribution is 14.1. The highest BCUT2D eigenvalue weighted by atomic mass is 127. The predicted molar refractivity (Wildman–Crippen MR) is 75.2 cm³/mol. The number of aryl methyl sites for hydroxylation is 2. The van der Waals surface area contributed by atoms with Crippen molar-refractivity contribution in [1.82, 2.24) is 10.2 Å². The molecule has 2 N–H and O–H groups in total. The number of halogens is 1. The molecule has 4 nitrogen and oxygen atoms in total. The van der Waals surface area contributed by atoms with Gasteiger partial charge in [0.1, 0.15) is 5.82 Å². The molecule has 5 heteroatoms. The zero-order valence-electron chi connectivity index (χ0n) is 9.54. The number of rotatable bonds is 2. The Morgan fingerprint density at radius 2 is 2.12 bits per heavy atom. The van der Waals surface area contributed by atoms with Crippen LogP contribution in [0, 0.1) is 17.4 Å². The number of carbonyl (C=O) groups is 1. The smallest absolute Gasteiger partial charge is 0.257 e.